The Kier molecular flexibility index (Phi) is 5.59. The summed E-state index contributed by atoms with van der Waals surface area (Å²) in [5.41, 5.74) is 1.79. The molecule has 21 heavy (non-hydrogen) atoms. The highest BCUT2D eigenvalue weighted by Gasteiger charge is 2.16. The van der Waals surface area contributed by atoms with E-state index in [0.717, 1.165) is 12.1 Å². The van der Waals surface area contributed by atoms with Gasteiger partial charge in [0.2, 0.25) is 0 Å². The summed E-state index contributed by atoms with van der Waals surface area (Å²) in [5, 5.41) is 3.87. The largest absolute Gasteiger partial charge is 0.494 e. The zero-order valence-electron chi connectivity index (χ0n) is 12.2. The molecule has 1 unspecified atom stereocenters. The van der Waals surface area contributed by atoms with Crippen LogP contribution in [0.4, 0.5) is 4.39 Å². The maximum atomic E-state index is 14.3. The molecule has 0 amide bonds. The van der Waals surface area contributed by atoms with Crippen molar-refractivity contribution in [2.24, 2.45) is 0 Å². The van der Waals surface area contributed by atoms with Crippen LogP contribution in [-0.4, -0.2) is 20.7 Å². The molecule has 2 nitrogen and oxygen atoms in total. The van der Waals surface area contributed by atoms with Crippen LogP contribution in [0.3, 0.4) is 0 Å². The van der Waals surface area contributed by atoms with Gasteiger partial charge in [-0.25, -0.2) is 4.39 Å². The first-order valence-corrected chi connectivity index (χ1v) is 7.25. The number of benzene rings is 2. The SMILES string of the molecule is CNCC(Cc1cccc(OC)c1F)c1ccc(Cl)cc1. The maximum Gasteiger partial charge on any atom is 0.168 e. The molecule has 0 radical (unpaired) electrons. The highest BCUT2D eigenvalue weighted by Crippen LogP contribution is 2.27. The summed E-state index contributed by atoms with van der Waals surface area (Å²) in [6.07, 6.45) is 0.603. The minimum Gasteiger partial charge on any atom is -0.494 e. The van der Waals surface area contributed by atoms with Gasteiger partial charge in [0, 0.05) is 17.5 Å². The van der Waals surface area contributed by atoms with Crippen molar-refractivity contribution in [2.75, 3.05) is 20.7 Å². The van der Waals surface area contributed by atoms with Crippen LogP contribution in [0.15, 0.2) is 42.5 Å². The highest BCUT2D eigenvalue weighted by molar-refractivity contribution is 6.30. The van der Waals surface area contributed by atoms with Crippen molar-refractivity contribution < 1.29 is 9.13 Å². The van der Waals surface area contributed by atoms with Gasteiger partial charge in [-0.2, -0.15) is 0 Å². The van der Waals surface area contributed by atoms with Crippen LogP contribution in [0, 0.1) is 5.82 Å². The molecule has 0 aliphatic rings. The Morgan fingerprint density at radius 3 is 2.52 bits per heavy atom. The number of hydrogen-bond donors (Lipinski definition) is 1. The topological polar surface area (TPSA) is 21.3 Å². The van der Waals surface area contributed by atoms with Crippen LogP contribution in [0.1, 0.15) is 17.0 Å². The molecular weight excluding hydrogens is 289 g/mol. The minimum atomic E-state index is -0.282. The third-order valence-corrected chi connectivity index (χ3v) is 3.77. The van der Waals surface area contributed by atoms with Gasteiger partial charge in [-0.3, -0.25) is 0 Å². The average Bonchev–Trinajstić information content (AvgIpc) is 2.49. The van der Waals surface area contributed by atoms with Crippen LogP contribution < -0.4 is 10.1 Å². The van der Waals surface area contributed by atoms with E-state index in [1.165, 1.54) is 7.11 Å². The number of methoxy groups -OCH3 is 1. The van der Waals surface area contributed by atoms with E-state index in [9.17, 15) is 4.39 Å². The fourth-order valence-corrected chi connectivity index (χ4v) is 2.55. The molecule has 0 fully saturated rings. The molecule has 2 aromatic carbocycles. The molecule has 2 aromatic rings. The third-order valence-electron chi connectivity index (χ3n) is 3.52. The van der Waals surface area contributed by atoms with E-state index >= 15 is 0 Å². The summed E-state index contributed by atoms with van der Waals surface area (Å²) in [4.78, 5) is 0. The molecule has 4 heteroatoms. The molecule has 0 spiro atoms. The lowest BCUT2D eigenvalue weighted by Crippen LogP contribution is -2.19. The quantitative estimate of drug-likeness (QED) is 0.870. The summed E-state index contributed by atoms with van der Waals surface area (Å²) in [7, 11) is 3.37. The second kappa shape index (κ2) is 7.43. The van der Waals surface area contributed by atoms with Gasteiger partial charge < -0.3 is 10.1 Å². The van der Waals surface area contributed by atoms with E-state index in [1.807, 2.05) is 37.4 Å². The Labute approximate surface area is 129 Å². The number of rotatable bonds is 6. The van der Waals surface area contributed by atoms with E-state index < -0.39 is 0 Å². The van der Waals surface area contributed by atoms with Crippen molar-refractivity contribution in [2.45, 2.75) is 12.3 Å². The molecule has 1 N–H and O–H groups in total. The molecule has 0 saturated heterocycles. The third kappa shape index (κ3) is 3.96. The standard InChI is InChI=1S/C17H19ClFNO/c1-20-11-14(12-6-8-15(18)9-7-12)10-13-4-3-5-16(21-2)17(13)19/h3-9,14,20H,10-11H2,1-2H3. The van der Waals surface area contributed by atoms with E-state index in [0.29, 0.717) is 17.0 Å². The average molecular weight is 308 g/mol. The summed E-state index contributed by atoms with van der Waals surface area (Å²) < 4.78 is 19.3. The van der Waals surface area contributed by atoms with Gasteiger partial charge >= 0.3 is 0 Å². The van der Waals surface area contributed by atoms with Crippen LogP contribution in [0.25, 0.3) is 0 Å². The molecule has 0 bridgehead atoms. The second-order valence-corrected chi connectivity index (χ2v) is 5.38. The Hall–Kier alpha value is -1.58. The second-order valence-electron chi connectivity index (χ2n) is 4.94. The monoisotopic (exact) mass is 307 g/mol. The van der Waals surface area contributed by atoms with E-state index in [-0.39, 0.29) is 17.5 Å². The number of ether oxygens (including phenoxy) is 1. The zero-order valence-corrected chi connectivity index (χ0v) is 13.0. The lowest BCUT2D eigenvalue weighted by molar-refractivity contribution is 0.383. The zero-order chi connectivity index (χ0) is 15.2. The number of likely N-dealkylation sites (N-methyl/N-ethyl adjacent to an activating group) is 1. The molecule has 0 aliphatic heterocycles. The minimum absolute atomic E-state index is 0.175. The van der Waals surface area contributed by atoms with E-state index in [4.69, 9.17) is 16.3 Å². The molecule has 1 atom stereocenters. The number of nitrogens with one attached hydrogen (secondary N) is 1. The highest BCUT2D eigenvalue weighted by atomic mass is 35.5. The first-order chi connectivity index (χ1) is 10.2. The number of hydrogen-bond acceptors (Lipinski definition) is 2. The van der Waals surface area contributed by atoms with Gasteiger partial charge in [-0.05, 0) is 42.8 Å². The Morgan fingerprint density at radius 2 is 1.90 bits per heavy atom. The molecule has 2 rings (SSSR count). The smallest absolute Gasteiger partial charge is 0.168 e. The molecule has 0 aliphatic carbocycles. The lowest BCUT2D eigenvalue weighted by atomic mass is 9.91. The van der Waals surface area contributed by atoms with Crippen molar-refractivity contribution in [1.82, 2.24) is 5.32 Å². The van der Waals surface area contributed by atoms with E-state index in [2.05, 4.69) is 5.32 Å². The Bertz CT molecular complexity index is 586. The van der Waals surface area contributed by atoms with Crippen LogP contribution in [-0.2, 0) is 6.42 Å². The van der Waals surface area contributed by atoms with Gasteiger partial charge in [-0.15, -0.1) is 0 Å². The van der Waals surface area contributed by atoms with Crippen LogP contribution in [0.5, 0.6) is 5.75 Å². The fourth-order valence-electron chi connectivity index (χ4n) is 2.43. The summed E-state index contributed by atoms with van der Waals surface area (Å²) in [5.74, 6) is 0.177. The van der Waals surface area contributed by atoms with Crippen LogP contribution in [0.2, 0.25) is 5.02 Å². The van der Waals surface area contributed by atoms with Gasteiger partial charge in [0.15, 0.2) is 11.6 Å². The summed E-state index contributed by atoms with van der Waals surface area (Å²) in [6.45, 7) is 0.762. The van der Waals surface area contributed by atoms with Crippen molar-refractivity contribution in [1.29, 1.82) is 0 Å². The Balaban J connectivity index is 2.26. The predicted octanol–water partition coefficient (Wildman–Crippen LogP) is 4.03. The lowest BCUT2D eigenvalue weighted by Gasteiger charge is -2.18. The molecular formula is C17H19ClFNO. The number of halogens is 2. The maximum absolute atomic E-state index is 14.3. The summed E-state index contributed by atoms with van der Waals surface area (Å²) in [6, 6.07) is 13.0. The first-order valence-electron chi connectivity index (χ1n) is 6.87. The molecule has 112 valence electrons. The molecule has 0 saturated carbocycles. The van der Waals surface area contributed by atoms with Gasteiger partial charge in [0.25, 0.3) is 0 Å². The van der Waals surface area contributed by atoms with E-state index in [1.54, 1.807) is 12.1 Å². The molecule has 0 aromatic heterocycles. The van der Waals surface area contributed by atoms with Gasteiger partial charge in [0.1, 0.15) is 0 Å². The van der Waals surface area contributed by atoms with Crippen molar-refractivity contribution >= 4 is 11.6 Å². The van der Waals surface area contributed by atoms with Crippen LogP contribution >= 0.6 is 11.6 Å². The van der Waals surface area contributed by atoms with Gasteiger partial charge in [-0.1, -0.05) is 35.9 Å². The van der Waals surface area contributed by atoms with Crippen molar-refractivity contribution in [3.63, 3.8) is 0 Å². The first kappa shape index (κ1) is 15.8. The van der Waals surface area contributed by atoms with Gasteiger partial charge in [0.05, 0.1) is 7.11 Å². The summed E-state index contributed by atoms with van der Waals surface area (Å²) >= 11 is 5.93. The normalized spacial score (nSPS) is 12.2. The van der Waals surface area contributed by atoms with Crippen molar-refractivity contribution in [3.8, 4) is 5.75 Å². The fraction of sp³-hybridized carbons (Fsp3) is 0.294. The molecule has 0 heterocycles. The Morgan fingerprint density at radius 1 is 1.19 bits per heavy atom. The van der Waals surface area contributed by atoms with Crippen molar-refractivity contribution in [3.05, 3.63) is 64.4 Å². The predicted molar refractivity (Wildman–Crippen MR) is 84.8 cm³/mol.